The molecule has 2 rings (SSSR count). The smallest absolute Gasteiger partial charge is 0.322 e. The summed E-state index contributed by atoms with van der Waals surface area (Å²) < 4.78 is 18.6. The standard InChI is InChI=1S/C19H21FN2O3/c1-2-10-22(11-12-23)19(24)21-17-4-3-5-18(13-17)25-14-15-6-8-16(20)9-7-15/h2-9,13,23H,1,10-12,14H2,(H,21,24). The fourth-order valence-corrected chi connectivity index (χ4v) is 2.17. The fourth-order valence-electron chi connectivity index (χ4n) is 2.17. The van der Waals surface area contributed by atoms with Gasteiger partial charge in [0.1, 0.15) is 18.2 Å². The Morgan fingerprint density at radius 2 is 2.04 bits per heavy atom. The second-order valence-corrected chi connectivity index (χ2v) is 5.33. The predicted molar refractivity (Wildman–Crippen MR) is 95.0 cm³/mol. The zero-order valence-electron chi connectivity index (χ0n) is 13.8. The second-order valence-electron chi connectivity index (χ2n) is 5.33. The lowest BCUT2D eigenvalue weighted by molar-refractivity contribution is 0.195. The summed E-state index contributed by atoms with van der Waals surface area (Å²) in [7, 11) is 0. The van der Waals surface area contributed by atoms with Crippen molar-refractivity contribution in [2.75, 3.05) is 25.0 Å². The van der Waals surface area contributed by atoms with Crippen LogP contribution in [0.5, 0.6) is 5.75 Å². The molecule has 0 aliphatic heterocycles. The lowest BCUT2D eigenvalue weighted by Gasteiger charge is -2.20. The van der Waals surface area contributed by atoms with Crippen LogP contribution in [0.1, 0.15) is 5.56 Å². The van der Waals surface area contributed by atoms with Gasteiger partial charge < -0.3 is 20.1 Å². The first-order valence-electron chi connectivity index (χ1n) is 7.87. The van der Waals surface area contributed by atoms with E-state index < -0.39 is 0 Å². The van der Waals surface area contributed by atoms with Gasteiger partial charge >= 0.3 is 6.03 Å². The summed E-state index contributed by atoms with van der Waals surface area (Å²) in [5, 5.41) is 11.8. The number of carbonyl (C=O) groups excluding carboxylic acids is 1. The number of hydrogen-bond acceptors (Lipinski definition) is 3. The minimum atomic E-state index is -0.329. The summed E-state index contributed by atoms with van der Waals surface area (Å²) in [6.45, 7) is 4.33. The molecule has 0 bridgehead atoms. The predicted octanol–water partition coefficient (Wildman–Crippen LogP) is 3.42. The summed E-state index contributed by atoms with van der Waals surface area (Å²) in [4.78, 5) is 13.6. The number of rotatable bonds is 8. The third kappa shape index (κ3) is 5.93. The van der Waals surface area contributed by atoms with Crippen LogP contribution in [0.15, 0.2) is 61.2 Å². The number of nitrogens with one attached hydrogen (secondary N) is 1. The summed E-state index contributed by atoms with van der Waals surface area (Å²) in [6, 6.07) is 12.7. The Labute approximate surface area is 146 Å². The molecule has 0 saturated carbocycles. The average Bonchev–Trinajstić information content (AvgIpc) is 2.61. The van der Waals surface area contributed by atoms with Crippen molar-refractivity contribution in [2.24, 2.45) is 0 Å². The van der Waals surface area contributed by atoms with Gasteiger partial charge in [-0.3, -0.25) is 0 Å². The quantitative estimate of drug-likeness (QED) is 0.722. The molecule has 5 nitrogen and oxygen atoms in total. The monoisotopic (exact) mass is 344 g/mol. The van der Waals surface area contributed by atoms with Crippen LogP contribution < -0.4 is 10.1 Å². The number of carbonyl (C=O) groups is 1. The Kier molecular flexibility index (Phi) is 6.98. The molecular formula is C19H21FN2O3. The highest BCUT2D eigenvalue weighted by molar-refractivity contribution is 5.89. The van der Waals surface area contributed by atoms with Gasteiger partial charge in [-0.05, 0) is 29.8 Å². The minimum absolute atomic E-state index is 0.123. The van der Waals surface area contributed by atoms with Crippen LogP contribution in [-0.4, -0.2) is 35.7 Å². The molecule has 132 valence electrons. The lowest BCUT2D eigenvalue weighted by atomic mass is 10.2. The van der Waals surface area contributed by atoms with Crippen molar-refractivity contribution in [3.8, 4) is 5.75 Å². The molecule has 0 heterocycles. The maximum atomic E-state index is 12.9. The Balaban J connectivity index is 1.96. The van der Waals surface area contributed by atoms with Gasteiger partial charge in [0.25, 0.3) is 0 Å². The maximum Gasteiger partial charge on any atom is 0.322 e. The van der Waals surface area contributed by atoms with E-state index in [9.17, 15) is 9.18 Å². The summed E-state index contributed by atoms with van der Waals surface area (Å²) in [5.74, 6) is 0.292. The molecule has 0 saturated heterocycles. The largest absolute Gasteiger partial charge is 0.489 e. The Bertz CT molecular complexity index is 704. The van der Waals surface area contributed by atoms with E-state index in [1.807, 2.05) is 0 Å². The van der Waals surface area contributed by atoms with E-state index in [0.717, 1.165) is 5.56 Å². The van der Waals surface area contributed by atoms with Gasteiger partial charge in [-0.1, -0.05) is 24.3 Å². The minimum Gasteiger partial charge on any atom is -0.489 e. The molecule has 0 aliphatic rings. The number of benzene rings is 2. The highest BCUT2D eigenvalue weighted by atomic mass is 19.1. The third-order valence-electron chi connectivity index (χ3n) is 3.41. The number of aliphatic hydroxyl groups excluding tert-OH is 1. The van der Waals surface area contributed by atoms with E-state index in [1.54, 1.807) is 42.5 Å². The van der Waals surface area contributed by atoms with Crippen molar-refractivity contribution in [3.05, 3.63) is 72.6 Å². The highest BCUT2D eigenvalue weighted by Crippen LogP contribution is 2.19. The molecule has 2 aromatic carbocycles. The number of amides is 2. The zero-order chi connectivity index (χ0) is 18.1. The molecule has 0 fully saturated rings. The van der Waals surface area contributed by atoms with Crippen LogP contribution in [-0.2, 0) is 6.61 Å². The van der Waals surface area contributed by atoms with E-state index in [1.165, 1.54) is 17.0 Å². The van der Waals surface area contributed by atoms with Crippen LogP contribution in [0.4, 0.5) is 14.9 Å². The summed E-state index contributed by atoms with van der Waals surface area (Å²) >= 11 is 0. The SMILES string of the molecule is C=CCN(CCO)C(=O)Nc1cccc(OCc2ccc(F)cc2)c1. The van der Waals surface area contributed by atoms with E-state index >= 15 is 0 Å². The van der Waals surface area contributed by atoms with Crippen LogP contribution in [0.2, 0.25) is 0 Å². The van der Waals surface area contributed by atoms with E-state index in [-0.39, 0.29) is 25.0 Å². The van der Waals surface area contributed by atoms with Crippen molar-refractivity contribution >= 4 is 11.7 Å². The van der Waals surface area contributed by atoms with Crippen molar-refractivity contribution in [1.29, 1.82) is 0 Å². The van der Waals surface area contributed by atoms with Crippen molar-refractivity contribution in [2.45, 2.75) is 6.61 Å². The average molecular weight is 344 g/mol. The Morgan fingerprint density at radius 3 is 2.72 bits per heavy atom. The highest BCUT2D eigenvalue weighted by Gasteiger charge is 2.11. The van der Waals surface area contributed by atoms with Gasteiger partial charge in [0.2, 0.25) is 0 Å². The number of anilines is 1. The Hall–Kier alpha value is -2.86. The van der Waals surface area contributed by atoms with Crippen molar-refractivity contribution < 1.29 is 19.0 Å². The molecule has 0 unspecified atom stereocenters. The first-order chi connectivity index (χ1) is 12.1. The van der Waals surface area contributed by atoms with Gasteiger partial charge in [-0.2, -0.15) is 0 Å². The fraction of sp³-hybridized carbons (Fsp3) is 0.211. The number of nitrogens with zero attached hydrogens (tertiary/aromatic N) is 1. The molecule has 0 atom stereocenters. The number of hydrogen-bond donors (Lipinski definition) is 2. The third-order valence-corrected chi connectivity index (χ3v) is 3.41. The van der Waals surface area contributed by atoms with Crippen molar-refractivity contribution in [3.63, 3.8) is 0 Å². The van der Waals surface area contributed by atoms with E-state index in [4.69, 9.17) is 9.84 Å². The number of urea groups is 1. The Morgan fingerprint density at radius 1 is 1.28 bits per heavy atom. The molecule has 0 aromatic heterocycles. The second kappa shape index (κ2) is 9.44. The van der Waals surface area contributed by atoms with E-state index in [0.29, 0.717) is 24.6 Å². The molecule has 2 amide bonds. The molecule has 2 N–H and O–H groups in total. The normalized spacial score (nSPS) is 10.2. The lowest BCUT2D eigenvalue weighted by Crippen LogP contribution is -2.37. The van der Waals surface area contributed by atoms with Gasteiger partial charge in [-0.25, -0.2) is 9.18 Å². The topological polar surface area (TPSA) is 61.8 Å². The first-order valence-corrected chi connectivity index (χ1v) is 7.87. The van der Waals surface area contributed by atoms with E-state index in [2.05, 4.69) is 11.9 Å². The first kappa shape index (κ1) is 18.5. The van der Waals surface area contributed by atoms with Crippen LogP contribution >= 0.6 is 0 Å². The number of aliphatic hydroxyl groups is 1. The summed E-state index contributed by atoms with van der Waals surface area (Å²) in [6.07, 6.45) is 1.59. The zero-order valence-corrected chi connectivity index (χ0v) is 13.8. The molecule has 25 heavy (non-hydrogen) atoms. The molecular weight excluding hydrogens is 323 g/mol. The van der Waals surface area contributed by atoms with Gasteiger partial charge in [0.05, 0.1) is 6.61 Å². The molecule has 6 heteroatoms. The van der Waals surface area contributed by atoms with Gasteiger partial charge in [-0.15, -0.1) is 6.58 Å². The number of halogens is 1. The van der Waals surface area contributed by atoms with Crippen LogP contribution in [0.25, 0.3) is 0 Å². The summed E-state index contributed by atoms with van der Waals surface area (Å²) in [5.41, 5.74) is 1.42. The van der Waals surface area contributed by atoms with Crippen molar-refractivity contribution in [1.82, 2.24) is 4.90 Å². The van der Waals surface area contributed by atoms with Crippen LogP contribution in [0, 0.1) is 5.82 Å². The molecule has 0 aliphatic carbocycles. The van der Waals surface area contributed by atoms with Gasteiger partial charge in [0, 0.05) is 24.8 Å². The molecule has 0 radical (unpaired) electrons. The molecule has 0 spiro atoms. The van der Waals surface area contributed by atoms with Crippen LogP contribution in [0.3, 0.4) is 0 Å². The molecule has 2 aromatic rings. The maximum absolute atomic E-state index is 12.9. The van der Waals surface area contributed by atoms with Gasteiger partial charge in [0.15, 0.2) is 0 Å². The number of ether oxygens (including phenoxy) is 1.